The molecule has 3 aromatic heterocycles. The van der Waals surface area contributed by atoms with E-state index in [2.05, 4.69) is 15.3 Å². The summed E-state index contributed by atoms with van der Waals surface area (Å²) in [5.74, 6) is -0.466. The number of carbonyl (C=O) groups is 2. The van der Waals surface area contributed by atoms with Crippen molar-refractivity contribution in [1.29, 1.82) is 0 Å². The fraction of sp³-hybridized carbons (Fsp3) is 0.0833. The van der Waals surface area contributed by atoms with Crippen molar-refractivity contribution in [3.63, 3.8) is 0 Å². The molecule has 0 atom stereocenters. The molecule has 0 spiro atoms. The molecular formula is C24H21N5O2S. The number of aromatic nitrogens is 3. The van der Waals surface area contributed by atoms with Crippen LogP contribution in [0.25, 0.3) is 12.2 Å². The van der Waals surface area contributed by atoms with E-state index >= 15 is 0 Å². The number of hydrogen-bond acceptors (Lipinski definition) is 5. The molecule has 0 unspecified atom stereocenters. The van der Waals surface area contributed by atoms with Crippen molar-refractivity contribution in [2.24, 2.45) is 0 Å². The Labute approximate surface area is 189 Å². The van der Waals surface area contributed by atoms with E-state index in [0.29, 0.717) is 10.8 Å². The number of benzene rings is 1. The van der Waals surface area contributed by atoms with E-state index < -0.39 is 0 Å². The average Bonchev–Trinajstić information content (AvgIpc) is 3.48. The Morgan fingerprint density at radius 1 is 1.06 bits per heavy atom. The van der Waals surface area contributed by atoms with Crippen molar-refractivity contribution in [2.75, 3.05) is 17.3 Å². The van der Waals surface area contributed by atoms with Gasteiger partial charge in [-0.25, -0.2) is 4.98 Å². The maximum Gasteiger partial charge on any atom is 0.274 e. The van der Waals surface area contributed by atoms with Crippen molar-refractivity contribution in [2.45, 2.75) is 6.54 Å². The zero-order valence-electron chi connectivity index (χ0n) is 17.4. The summed E-state index contributed by atoms with van der Waals surface area (Å²) in [7, 11) is 1.70. The van der Waals surface area contributed by atoms with E-state index in [1.165, 1.54) is 16.2 Å². The second-order valence-corrected chi connectivity index (χ2v) is 7.81. The quantitative estimate of drug-likeness (QED) is 0.458. The maximum atomic E-state index is 12.8. The number of likely N-dealkylation sites (N-methyl/N-ethyl adjacent to an activating group) is 1. The van der Waals surface area contributed by atoms with Gasteiger partial charge in [0.25, 0.3) is 5.91 Å². The lowest BCUT2D eigenvalue weighted by Gasteiger charge is -2.18. The molecule has 0 saturated carbocycles. The third kappa shape index (κ3) is 5.16. The van der Waals surface area contributed by atoms with Gasteiger partial charge in [0, 0.05) is 36.7 Å². The van der Waals surface area contributed by atoms with Gasteiger partial charge in [0.15, 0.2) is 5.13 Å². The van der Waals surface area contributed by atoms with Crippen molar-refractivity contribution in [3.8, 4) is 0 Å². The molecule has 0 radical (unpaired) electrons. The topological polar surface area (TPSA) is 80.1 Å². The van der Waals surface area contributed by atoms with Gasteiger partial charge in [-0.3, -0.25) is 19.9 Å². The first-order chi connectivity index (χ1) is 15.6. The van der Waals surface area contributed by atoms with Gasteiger partial charge in [0.1, 0.15) is 12.2 Å². The summed E-state index contributed by atoms with van der Waals surface area (Å²) < 4.78 is 1.62. The standard InChI is InChI=1S/C24H21N5O2S/c1-28(20-11-13-25-14-12-20)22(30)16-29-15-5-8-21(29)23(31)27-24-26-19(17-32-24)10-9-18-6-3-2-4-7-18/h2-15,17H,16H2,1H3,(H,26,27,31)/b10-9+. The van der Waals surface area contributed by atoms with Crippen LogP contribution in [-0.2, 0) is 11.3 Å². The molecule has 8 heteroatoms. The summed E-state index contributed by atoms with van der Waals surface area (Å²) in [5, 5.41) is 5.19. The first-order valence-electron chi connectivity index (χ1n) is 9.92. The molecule has 7 nitrogen and oxygen atoms in total. The lowest BCUT2D eigenvalue weighted by Crippen LogP contribution is -2.31. The highest BCUT2D eigenvalue weighted by molar-refractivity contribution is 7.14. The first kappa shape index (κ1) is 21.2. The zero-order chi connectivity index (χ0) is 22.3. The fourth-order valence-electron chi connectivity index (χ4n) is 3.05. The molecule has 0 bridgehead atoms. The third-order valence-electron chi connectivity index (χ3n) is 4.78. The highest BCUT2D eigenvalue weighted by Crippen LogP contribution is 2.19. The highest BCUT2D eigenvalue weighted by atomic mass is 32.1. The van der Waals surface area contributed by atoms with E-state index in [0.717, 1.165) is 16.9 Å². The van der Waals surface area contributed by atoms with Crippen LogP contribution in [0.4, 0.5) is 10.8 Å². The summed E-state index contributed by atoms with van der Waals surface area (Å²) in [6.07, 6.45) is 8.84. The van der Waals surface area contributed by atoms with Crippen molar-refractivity contribution >= 4 is 46.1 Å². The number of nitrogens with one attached hydrogen (secondary N) is 1. The van der Waals surface area contributed by atoms with Gasteiger partial charge in [0.05, 0.1) is 5.69 Å². The lowest BCUT2D eigenvalue weighted by molar-refractivity contribution is -0.118. The van der Waals surface area contributed by atoms with E-state index in [9.17, 15) is 9.59 Å². The summed E-state index contributed by atoms with van der Waals surface area (Å²) >= 11 is 1.35. The molecule has 4 rings (SSSR count). The SMILES string of the molecule is CN(C(=O)Cn1cccc1C(=O)Nc1nc(/C=C/c2ccccc2)cs1)c1ccncc1. The predicted octanol–water partition coefficient (Wildman–Crippen LogP) is 4.43. The Kier molecular flexibility index (Phi) is 6.52. The molecule has 2 amide bonds. The normalized spacial score (nSPS) is 10.9. The van der Waals surface area contributed by atoms with Gasteiger partial charge >= 0.3 is 0 Å². The van der Waals surface area contributed by atoms with Gasteiger partial charge in [0.2, 0.25) is 5.91 Å². The van der Waals surface area contributed by atoms with Gasteiger partial charge in [-0.15, -0.1) is 11.3 Å². The van der Waals surface area contributed by atoms with Crippen LogP contribution in [0.3, 0.4) is 0 Å². The minimum absolute atomic E-state index is 0.0392. The summed E-state index contributed by atoms with van der Waals surface area (Å²) in [5.41, 5.74) is 2.96. The monoisotopic (exact) mass is 443 g/mol. The molecule has 0 fully saturated rings. The highest BCUT2D eigenvalue weighted by Gasteiger charge is 2.17. The zero-order valence-corrected chi connectivity index (χ0v) is 18.2. The Morgan fingerprint density at radius 2 is 1.84 bits per heavy atom. The molecule has 0 aliphatic heterocycles. The number of thiazole rings is 1. The van der Waals surface area contributed by atoms with Crippen LogP contribution in [-0.4, -0.2) is 33.4 Å². The predicted molar refractivity (Wildman–Crippen MR) is 128 cm³/mol. The van der Waals surface area contributed by atoms with E-state index in [-0.39, 0.29) is 18.4 Å². The summed E-state index contributed by atoms with van der Waals surface area (Å²) in [6.45, 7) is 0.0392. The van der Waals surface area contributed by atoms with Crippen LogP contribution in [0.5, 0.6) is 0 Å². The minimum Gasteiger partial charge on any atom is -0.334 e. The molecule has 0 aliphatic rings. The van der Waals surface area contributed by atoms with Crippen molar-refractivity contribution in [1.82, 2.24) is 14.5 Å². The number of rotatable bonds is 7. The Bertz CT molecular complexity index is 1230. The average molecular weight is 444 g/mol. The molecule has 0 aliphatic carbocycles. The number of hydrogen-bond donors (Lipinski definition) is 1. The Hall–Kier alpha value is -4.04. The largest absolute Gasteiger partial charge is 0.334 e. The number of nitrogens with zero attached hydrogens (tertiary/aromatic N) is 4. The summed E-state index contributed by atoms with van der Waals surface area (Å²) in [6, 6.07) is 16.9. The third-order valence-corrected chi connectivity index (χ3v) is 5.56. The number of anilines is 2. The minimum atomic E-state index is -0.317. The van der Waals surface area contributed by atoms with Crippen LogP contribution in [0, 0.1) is 0 Å². The van der Waals surface area contributed by atoms with Crippen LogP contribution >= 0.6 is 11.3 Å². The lowest BCUT2D eigenvalue weighted by atomic mass is 10.2. The maximum absolute atomic E-state index is 12.8. The molecular weight excluding hydrogens is 422 g/mol. The van der Waals surface area contributed by atoms with Crippen molar-refractivity contribution in [3.05, 3.63) is 95.5 Å². The summed E-state index contributed by atoms with van der Waals surface area (Å²) in [4.78, 5) is 35.4. The molecule has 160 valence electrons. The van der Waals surface area contributed by atoms with E-state index in [4.69, 9.17) is 0 Å². The molecule has 4 aromatic rings. The smallest absolute Gasteiger partial charge is 0.274 e. The van der Waals surface area contributed by atoms with Crippen LogP contribution in [0.15, 0.2) is 78.6 Å². The van der Waals surface area contributed by atoms with Crippen LogP contribution in [0.1, 0.15) is 21.7 Å². The van der Waals surface area contributed by atoms with Crippen LogP contribution in [0.2, 0.25) is 0 Å². The molecule has 1 N–H and O–H groups in total. The second-order valence-electron chi connectivity index (χ2n) is 6.96. The Balaban J connectivity index is 1.40. The van der Waals surface area contributed by atoms with Gasteiger partial charge in [-0.05, 0) is 35.9 Å². The first-order valence-corrected chi connectivity index (χ1v) is 10.8. The molecule has 3 heterocycles. The van der Waals surface area contributed by atoms with Gasteiger partial charge in [-0.2, -0.15) is 0 Å². The van der Waals surface area contributed by atoms with E-state index in [1.54, 1.807) is 54.5 Å². The van der Waals surface area contributed by atoms with Crippen LogP contribution < -0.4 is 10.2 Å². The fourth-order valence-corrected chi connectivity index (χ4v) is 3.72. The number of amides is 2. The Morgan fingerprint density at radius 3 is 2.62 bits per heavy atom. The van der Waals surface area contributed by atoms with Gasteiger partial charge in [-0.1, -0.05) is 36.4 Å². The van der Waals surface area contributed by atoms with Gasteiger partial charge < -0.3 is 9.47 Å². The molecule has 0 saturated heterocycles. The second kappa shape index (κ2) is 9.84. The van der Waals surface area contributed by atoms with E-state index in [1.807, 2.05) is 47.9 Å². The molecule has 32 heavy (non-hydrogen) atoms. The number of carbonyl (C=O) groups excluding carboxylic acids is 2. The van der Waals surface area contributed by atoms with Crippen molar-refractivity contribution < 1.29 is 9.59 Å². The number of pyridine rings is 1. The molecule has 1 aromatic carbocycles.